The molecule has 1 amide bonds. The van der Waals surface area contributed by atoms with Crippen molar-refractivity contribution in [3.63, 3.8) is 0 Å². The van der Waals surface area contributed by atoms with E-state index in [9.17, 15) is 19.8 Å². The van der Waals surface area contributed by atoms with Gasteiger partial charge in [-0.1, -0.05) is 61.3 Å². The first-order chi connectivity index (χ1) is 15.1. The Balaban J connectivity index is 2.25. The molecule has 1 aliphatic heterocycles. The zero-order valence-electron chi connectivity index (χ0n) is 18.5. The summed E-state index contributed by atoms with van der Waals surface area (Å²) in [5.74, 6) is -1.50. The highest BCUT2D eigenvalue weighted by atomic mass is 35.5. The van der Waals surface area contributed by atoms with E-state index in [4.69, 9.17) is 23.2 Å². The predicted octanol–water partition coefficient (Wildman–Crippen LogP) is 5.69. The van der Waals surface area contributed by atoms with Crippen LogP contribution in [0.3, 0.4) is 0 Å². The van der Waals surface area contributed by atoms with Crippen molar-refractivity contribution in [1.29, 1.82) is 0 Å². The number of carboxylic acid groups (broad SMARTS) is 1. The average Bonchev–Trinajstić information content (AvgIpc) is 2.71. The lowest BCUT2D eigenvalue weighted by Gasteiger charge is -2.52. The molecular formula is C25H29Cl2NO4. The van der Waals surface area contributed by atoms with E-state index in [2.05, 4.69) is 0 Å². The van der Waals surface area contributed by atoms with Gasteiger partial charge in [-0.25, -0.2) is 0 Å². The number of benzene rings is 2. The van der Waals surface area contributed by atoms with E-state index >= 15 is 0 Å². The first kappa shape index (κ1) is 24.6. The van der Waals surface area contributed by atoms with Crippen molar-refractivity contribution in [2.24, 2.45) is 5.41 Å². The molecule has 0 spiro atoms. The number of aliphatic hydroxyl groups excluding tert-OH is 1. The molecule has 0 aliphatic carbocycles. The zero-order valence-corrected chi connectivity index (χ0v) is 20.0. The fourth-order valence-electron chi connectivity index (χ4n) is 5.02. The lowest BCUT2D eigenvalue weighted by molar-refractivity contribution is -0.163. The van der Waals surface area contributed by atoms with E-state index < -0.39 is 29.6 Å². The van der Waals surface area contributed by atoms with Crippen LogP contribution in [0.1, 0.15) is 63.1 Å². The highest BCUT2D eigenvalue weighted by Gasteiger charge is 2.52. The fraction of sp³-hybridized carbons (Fsp3) is 0.440. The minimum atomic E-state index is -1.12. The third-order valence-corrected chi connectivity index (χ3v) is 6.95. The molecule has 5 atom stereocenters. The highest BCUT2D eigenvalue weighted by molar-refractivity contribution is 6.30. The van der Waals surface area contributed by atoms with E-state index in [0.717, 1.165) is 11.1 Å². The predicted molar refractivity (Wildman–Crippen MR) is 126 cm³/mol. The Hall–Kier alpha value is -2.08. The zero-order chi connectivity index (χ0) is 23.6. The van der Waals surface area contributed by atoms with Crippen LogP contribution in [-0.4, -0.2) is 39.1 Å². The molecule has 0 radical (unpaired) electrons. The second kappa shape index (κ2) is 9.82. The summed E-state index contributed by atoms with van der Waals surface area (Å²) >= 11 is 12.4. The van der Waals surface area contributed by atoms with Gasteiger partial charge in [-0.05, 0) is 55.2 Å². The number of rotatable bonds is 7. The molecule has 0 aromatic heterocycles. The van der Waals surface area contributed by atoms with Crippen molar-refractivity contribution in [3.8, 4) is 0 Å². The van der Waals surface area contributed by atoms with Gasteiger partial charge >= 0.3 is 5.97 Å². The van der Waals surface area contributed by atoms with E-state index in [1.807, 2.05) is 37.3 Å². The smallest absolute Gasteiger partial charge is 0.304 e. The van der Waals surface area contributed by atoms with Crippen molar-refractivity contribution in [3.05, 3.63) is 69.7 Å². The molecule has 5 nitrogen and oxygen atoms in total. The number of hydrogen-bond donors (Lipinski definition) is 2. The minimum Gasteiger partial charge on any atom is -0.481 e. The van der Waals surface area contributed by atoms with Crippen LogP contribution in [0.2, 0.25) is 10.0 Å². The third-order valence-electron chi connectivity index (χ3n) is 6.46. The van der Waals surface area contributed by atoms with Crippen molar-refractivity contribution < 1.29 is 19.8 Å². The highest BCUT2D eigenvalue weighted by Crippen LogP contribution is 2.52. The van der Waals surface area contributed by atoms with Crippen LogP contribution < -0.4 is 0 Å². The van der Waals surface area contributed by atoms with Crippen LogP contribution in [0.25, 0.3) is 0 Å². The van der Waals surface area contributed by atoms with Gasteiger partial charge in [0.25, 0.3) is 0 Å². The Labute approximate surface area is 199 Å². The molecule has 3 rings (SSSR count). The molecule has 1 saturated heterocycles. The number of halogens is 2. The largest absolute Gasteiger partial charge is 0.481 e. The SMILES string of the molecule is CCC([C@H](C)O)N1C(=O)[C@@](C)(CC(=O)O)C[C@H](c2cccc(Cl)c2)C1c1ccc(Cl)cc1. The maximum atomic E-state index is 13.9. The molecule has 1 aliphatic rings. The maximum Gasteiger partial charge on any atom is 0.304 e. The van der Waals surface area contributed by atoms with E-state index in [0.29, 0.717) is 22.9 Å². The first-order valence-corrected chi connectivity index (χ1v) is 11.6. The van der Waals surface area contributed by atoms with Gasteiger partial charge in [-0.2, -0.15) is 0 Å². The molecule has 0 saturated carbocycles. The Morgan fingerprint density at radius 2 is 1.81 bits per heavy atom. The number of carbonyl (C=O) groups excluding carboxylic acids is 1. The number of amides is 1. The molecule has 32 heavy (non-hydrogen) atoms. The molecule has 2 N–H and O–H groups in total. The normalized spacial score (nSPS) is 25.4. The standard InChI is InChI=1S/C25H29Cl2NO4/c1-4-21(15(2)29)28-23(16-8-10-18(26)11-9-16)20(17-6-5-7-19(27)12-17)13-25(3,24(28)32)14-22(30)31/h5-12,15,20-21,23,29H,4,13-14H2,1-3H3,(H,30,31)/t15-,20+,21?,23?,25+/m0/s1. The van der Waals surface area contributed by atoms with Crippen molar-refractivity contribution in [1.82, 2.24) is 4.90 Å². The Bertz CT molecular complexity index is 978. The number of hydrogen-bond acceptors (Lipinski definition) is 3. The van der Waals surface area contributed by atoms with Crippen LogP contribution in [0.4, 0.5) is 0 Å². The van der Waals surface area contributed by atoms with Gasteiger partial charge in [0.05, 0.1) is 30.0 Å². The van der Waals surface area contributed by atoms with Crippen LogP contribution in [-0.2, 0) is 9.59 Å². The van der Waals surface area contributed by atoms with Gasteiger partial charge in [-0.15, -0.1) is 0 Å². The van der Waals surface area contributed by atoms with E-state index in [1.54, 1.807) is 36.9 Å². The van der Waals surface area contributed by atoms with Gasteiger partial charge in [-0.3, -0.25) is 9.59 Å². The van der Waals surface area contributed by atoms with Gasteiger partial charge < -0.3 is 15.1 Å². The molecule has 7 heteroatoms. The lowest BCUT2D eigenvalue weighted by atomic mass is 9.67. The van der Waals surface area contributed by atoms with E-state index in [-0.39, 0.29) is 18.2 Å². The summed E-state index contributed by atoms with van der Waals surface area (Å²) in [7, 11) is 0. The van der Waals surface area contributed by atoms with Gasteiger partial charge in [0.1, 0.15) is 0 Å². The van der Waals surface area contributed by atoms with Gasteiger partial charge in [0.15, 0.2) is 0 Å². The number of likely N-dealkylation sites (tertiary alicyclic amines) is 1. The monoisotopic (exact) mass is 477 g/mol. The summed E-state index contributed by atoms with van der Waals surface area (Å²) in [6.45, 7) is 5.29. The lowest BCUT2D eigenvalue weighted by Crippen LogP contribution is -2.58. The first-order valence-electron chi connectivity index (χ1n) is 10.8. The second-order valence-corrected chi connectivity index (χ2v) is 9.79. The third kappa shape index (κ3) is 4.95. The van der Waals surface area contributed by atoms with Gasteiger partial charge in [0.2, 0.25) is 5.91 Å². The number of carbonyl (C=O) groups is 2. The summed E-state index contributed by atoms with van der Waals surface area (Å²) in [4.78, 5) is 27.3. The van der Waals surface area contributed by atoms with Crippen LogP contribution in [0, 0.1) is 5.41 Å². The summed E-state index contributed by atoms with van der Waals surface area (Å²) in [6.07, 6.45) is -0.202. The molecule has 2 aromatic carbocycles. The summed E-state index contributed by atoms with van der Waals surface area (Å²) in [5.41, 5.74) is 0.681. The maximum absolute atomic E-state index is 13.9. The van der Waals surface area contributed by atoms with Crippen LogP contribution in [0.5, 0.6) is 0 Å². The van der Waals surface area contributed by atoms with Gasteiger partial charge in [0, 0.05) is 16.0 Å². The topological polar surface area (TPSA) is 77.8 Å². The number of aliphatic carboxylic acids is 1. The van der Waals surface area contributed by atoms with Crippen molar-refractivity contribution in [2.45, 2.75) is 64.1 Å². The molecule has 2 unspecified atom stereocenters. The number of piperidine rings is 1. The molecule has 0 bridgehead atoms. The molecule has 1 heterocycles. The second-order valence-electron chi connectivity index (χ2n) is 8.92. The minimum absolute atomic E-state index is 0.218. The Morgan fingerprint density at radius 1 is 1.16 bits per heavy atom. The summed E-state index contributed by atoms with van der Waals surface area (Å²) < 4.78 is 0. The van der Waals surface area contributed by atoms with Crippen LogP contribution >= 0.6 is 23.2 Å². The molecule has 2 aromatic rings. The van der Waals surface area contributed by atoms with Crippen molar-refractivity contribution in [2.75, 3.05) is 0 Å². The average molecular weight is 478 g/mol. The molecular weight excluding hydrogens is 449 g/mol. The quantitative estimate of drug-likeness (QED) is 0.536. The number of nitrogens with zero attached hydrogens (tertiary/aromatic N) is 1. The Morgan fingerprint density at radius 3 is 2.34 bits per heavy atom. The molecule has 172 valence electrons. The van der Waals surface area contributed by atoms with E-state index in [1.165, 1.54) is 0 Å². The summed E-state index contributed by atoms with van der Waals surface area (Å²) in [5, 5.41) is 21.3. The Kier molecular flexibility index (Phi) is 7.53. The number of aliphatic hydroxyl groups is 1. The van der Waals surface area contributed by atoms with Crippen molar-refractivity contribution >= 4 is 35.1 Å². The fourth-order valence-corrected chi connectivity index (χ4v) is 5.34. The molecule has 1 fully saturated rings. The number of carboxylic acids is 1. The van der Waals surface area contributed by atoms with Crippen LogP contribution in [0.15, 0.2) is 48.5 Å². The summed E-state index contributed by atoms with van der Waals surface area (Å²) in [6, 6.07) is 13.9.